The summed E-state index contributed by atoms with van der Waals surface area (Å²) >= 11 is 1.64. The summed E-state index contributed by atoms with van der Waals surface area (Å²) in [6, 6.07) is 7.54. The molecule has 0 spiro atoms. The molecule has 2 aliphatic rings. The highest BCUT2D eigenvalue weighted by atomic mass is 32.1. The maximum absolute atomic E-state index is 12.3. The summed E-state index contributed by atoms with van der Waals surface area (Å²) in [5, 5.41) is 2.94. The van der Waals surface area contributed by atoms with Crippen molar-refractivity contribution in [2.45, 2.75) is 32.1 Å². The van der Waals surface area contributed by atoms with E-state index in [-0.39, 0.29) is 12.7 Å². The van der Waals surface area contributed by atoms with Gasteiger partial charge in [-0.15, -0.1) is 11.3 Å². The zero-order valence-corrected chi connectivity index (χ0v) is 14.8. The fourth-order valence-corrected chi connectivity index (χ4v) is 4.34. The Bertz CT molecular complexity index is 747. The number of carbonyl (C=O) groups is 1. The van der Waals surface area contributed by atoms with Crippen LogP contribution in [-0.2, 0) is 12.8 Å². The summed E-state index contributed by atoms with van der Waals surface area (Å²) < 4.78 is 16.3. The first kappa shape index (κ1) is 16.3. The lowest BCUT2D eigenvalue weighted by Gasteiger charge is -2.07. The van der Waals surface area contributed by atoms with Gasteiger partial charge in [-0.05, 0) is 49.4 Å². The third-order valence-corrected chi connectivity index (χ3v) is 5.71. The maximum atomic E-state index is 12.3. The van der Waals surface area contributed by atoms with Gasteiger partial charge in [-0.3, -0.25) is 4.79 Å². The van der Waals surface area contributed by atoms with Gasteiger partial charge >= 0.3 is 0 Å². The van der Waals surface area contributed by atoms with Crippen LogP contribution in [0.25, 0.3) is 0 Å². The molecule has 0 atom stereocenters. The fourth-order valence-electron chi connectivity index (χ4n) is 3.17. The van der Waals surface area contributed by atoms with Crippen molar-refractivity contribution in [2.24, 2.45) is 0 Å². The van der Waals surface area contributed by atoms with Gasteiger partial charge in [0.2, 0.25) is 6.79 Å². The molecule has 4 rings (SSSR count). The van der Waals surface area contributed by atoms with Crippen molar-refractivity contribution in [2.75, 3.05) is 19.9 Å². The normalized spacial score (nSPS) is 15.4. The first-order valence-corrected chi connectivity index (χ1v) is 9.53. The highest BCUT2D eigenvalue weighted by molar-refractivity contribution is 7.14. The highest BCUT2D eigenvalue weighted by Gasteiger charge is 2.16. The molecule has 0 saturated heterocycles. The molecule has 0 bridgehead atoms. The smallest absolute Gasteiger partial charge is 0.261 e. The summed E-state index contributed by atoms with van der Waals surface area (Å²) in [4.78, 5) is 14.5. The molecule has 0 saturated carbocycles. The van der Waals surface area contributed by atoms with E-state index in [9.17, 15) is 4.79 Å². The van der Waals surface area contributed by atoms with Gasteiger partial charge in [0.25, 0.3) is 5.91 Å². The lowest BCUT2D eigenvalue weighted by atomic mass is 10.1. The number of benzene rings is 1. The predicted octanol–water partition coefficient (Wildman–Crippen LogP) is 3.55. The molecule has 1 aromatic carbocycles. The second-order valence-electron chi connectivity index (χ2n) is 6.24. The van der Waals surface area contributed by atoms with Gasteiger partial charge in [-0.25, -0.2) is 0 Å². The SMILES string of the molecule is O=C(NCCOc1ccc2c(c1)OCO2)c1cc2c(s1)CCCCC2. The van der Waals surface area contributed by atoms with E-state index >= 15 is 0 Å². The second kappa shape index (κ2) is 7.35. The zero-order chi connectivity index (χ0) is 17.1. The molecule has 6 heteroatoms. The monoisotopic (exact) mass is 359 g/mol. The number of ether oxygens (including phenoxy) is 3. The molecule has 1 amide bonds. The average Bonchev–Trinajstić information content (AvgIpc) is 3.20. The van der Waals surface area contributed by atoms with Crippen LogP contribution >= 0.6 is 11.3 Å². The summed E-state index contributed by atoms with van der Waals surface area (Å²) in [7, 11) is 0. The van der Waals surface area contributed by atoms with Gasteiger partial charge in [0, 0.05) is 10.9 Å². The maximum Gasteiger partial charge on any atom is 0.261 e. The van der Waals surface area contributed by atoms with Crippen LogP contribution in [0.2, 0.25) is 0 Å². The number of hydrogen-bond donors (Lipinski definition) is 1. The molecule has 1 N–H and O–H groups in total. The van der Waals surface area contributed by atoms with Gasteiger partial charge in [-0.2, -0.15) is 0 Å². The zero-order valence-electron chi connectivity index (χ0n) is 14.0. The Labute approximate surface area is 150 Å². The lowest BCUT2D eigenvalue weighted by Crippen LogP contribution is -2.27. The number of thiophene rings is 1. The Morgan fingerprint density at radius 3 is 2.96 bits per heavy atom. The van der Waals surface area contributed by atoms with Crippen molar-refractivity contribution in [1.29, 1.82) is 0 Å². The molecule has 5 nitrogen and oxygen atoms in total. The van der Waals surface area contributed by atoms with Crippen molar-refractivity contribution < 1.29 is 19.0 Å². The topological polar surface area (TPSA) is 56.8 Å². The van der Waals surface area contributed by atoms with E-state index in [1.165, 1.54) is 29.7 Å². The predicted molar refractivity (Wildman–Crippen MR) is 96.0 cm³/mol. The number of aryl methyl sites for hydroxylation is 2. The molecule has 132 valence electrons. The minimum absolute atomic E-state index is 0.00707. The summed E-state index contributed by atoms with van der Waals surface area (Å²) in [5.74, 6) is 2.13. The first-order valence-electron chi connectivity index (χ1n) is 8.72. The van der Waals surface area contributed by atoms with Crippen LogP contribution in [0.4, 0.5) is 0 Å². The molecular formula is C19H21NO4S. The van der Waals surface area contributed by atoms with Crippen molar-refractivity contribution in [1.82, 2.24) is 5.32 Å². The van der Waals surface area contributed by atoms with Crippen LogP contribution in [0.1, 0.15) is 39.4 Å². The Hall–Kier alpha value is -2.21. The molecule has 2 heterocycles. The van der Waals surface area contributed by atoms with Crippen molar-refractivity contribution in [3.63, 3.8) is 0 Å². The molecule has 0 radical (unpaired) electrons. The minimum atomic E-state index is -0.00707. The van der Waals surface area contributed by atoms with E-state index in [1.54, 1.807) is 17.4 Å². The number of rotatable bonds is 5. The fraction of sp³-hybridized carbons (Fsp3) is 0.421. The molecular weight excluding hydrogens is 338 g/mol. The number of nitrogens with one attached hydrogen (secondary N) is 1. The van der Waals surface area contributed by atoms with Crippen LogP contribution < -0.4 is 19.5 Å². The molecule has 1 aliphatic carbocycles. The highest BCUT2D eigenvalue weighted by Crippen LogP contribution is 2.35. The molecule has 0 unspecified atom stereocenters. The summed E-state index contributed by atoms with van der Waals surface area (Å²) in [6.45, 7) is 1.13. The quantitative estimate of drug-likeness (QED) is 0.655. The van der Waals surface area contributed by atoms with Crippen LogP contribution in [0, 0.1) is 0 Å². The number of fused-ring (bicyclic) bond motifs is 2. The minimum Gasteiger partial charge on any atom is -0.492 e. The van der Waals surface area contributed by atoms with Gasteiger partial charge < -0.3 is 19.5 Å². The lowest BCUT2D eigenvalue weighted by molar-refractivity contribution is 0.0951. The molecule has 0 fully saturated rings. The van der Waals surface area contributed by atoms with Crippen molar-refractivity contribution >= 4 is 17.2 Å². The Morgan fingerprint density at radius 2 is 2.00 bits per heavy atom. The van der Waals surface area contributed by atoms with Gasteiger partial charge in [0.15, 0.2) is 11.5 Å². The van der Waals surface area contributed by atoms with E-state index in [0.717, 1.165) is 23.5 Å². The van der Waals surface area contributed by atoms with Gasteiger partial charge in [0.05, 0.1) is 11.4 Å². The Balaban J connectivity index is 1.26. The van der Waals surface area contributed by atoms with Crippen LogP contribution in [0.5, 0.6) is 17.2 Å². The number of hydrogen-bond acceptors (Lipinski definition) is 5. The molecule has 1 aliphatic heterocycles. The summed E-state index contributed by atoms with van der Waals surface area (Å²) in [6.07, 6.45) is 5.97. The average molecular weight is 359 g/mol. The van der Waals surface area contributed by atoms with E-state index in [4.69, 9.17) is 14.2 Å². The third kappa shape index (κ3) is 3.74. The van der Waals surface area contributed by atoms with Crippen LogP contribution in [0.3, 0.4) is 0 Å². The largest absolute Gasteiger partial charge is 0.492 e. The van der Waals surface area contributed by atoms with Gasteiger partial charge in [0.1, 0.15) is 12.4 Å². The first-order chi connectivity index (χ1) is 12.3. The van der Waals surface area contributed by atoms with Crippen LogP contribution in [-0.4, -0.2) is 25.9 Å². The Morgan fingerprint density at radius 1 is 1.12 bits per heavy atom. The van der Waals surface area contributed by atoms with E-state index in [0.29, 0.717) is 24.7 Å². The number of carbonyl (C=O) groups excluding carboxylic acids is 1. The third-order valence-electron chi connectivity index (χ3n) is 4.47. The molecule has 1 aromatic heterocycles. The standard InChI is InChI=1S/C19H21NO4S/c21-19(18-10-13-4-2-1-3-5-17(13)25-18)20-8-9-22-14-6-7-15-16(11-14)24-12-23-15/h6-7,10-11H,1-5,8-9,12H2,(H,20,21). The number of amides is 1. The van der Waals surface area contributed by atoms with Crippen LogP contribution in [0.15, 0.2) is 24.3 Å². The van der Waals surface area contributed by atoms with Crippen molar-refractivity contribution in [3.05, 3.63) is 39.6 Å². The summed E-state index contributed by atoms with van der Waals surface area (Å²) in [5.41, 5.74) is 1.37. The van der Waals surface area contributed by atoms with Crippen molar-refractivity contribution in [3.8, 4) is 17.2 Å². The second-order valence-corrected chi connectivity index (χ2v) is 7.38. The molecule has 25 heavy (non-hydrogen) atoms. The van der Waals surface area contributed by atoms with E-state index in [2.05, 4.69) is 11.4 Å². The Kier molecular flexibility index (Phi) is 4.78. The van der Waals surface area contributed by atoms with Gasteiger partial charge in [-0.1, -0.05) is 6.42 Å². The van der Waals surface area contributed by atoms with E-state index < -0.39 is 0 Å². The molecule has 2 aromatic rings. The van der Waals surface area contributed by atoms with E-state index in [1.807, 2.05) is 12.1 Å².